The highest BCUT2D eigenvalue weighted by Gasteiger charge is 2.28. The Hall–Kier alpha value is -2.49. The number of benzene rings is 2. The van der Waals surface area contributed by atoms with E-state index in [1.807, 2.05) is 24.3 Å². The van der Waals surface area contributed by atoms with Gasteiger partial charge in [0.15, 0.2) is 0 Å². The molecule has 0 saturated carbocycles. The second kappa shape index (κ2) is 10.2. The molecule has 1 unspecified atom stereocenters. The fourth-order valence-electron chi connectivity index (χ4n) is 4.33. The lowest BCUT2D eigenvalue weighted by atomic mass is 9.91. The quantitative estimate of drug-likeness (QED) is 0.367. The highest BCUT2D eigenvalue weighted by Crippen LogP contribution is 2.43. The highest BCUT2D eigenvalue weighted by molar-refractivity contribution is 7.09. The third kappa shape index (κ3) is 5.08. The van der Waals surface area contributed by atoms with Crippen LogP contribution in [0.25, 0.3) is 5.69 Å². The van der Waals surface area contributed by atoms with Crippen LogP contribution in [0.2, 0.25) is 15.1 Å². The lowest BCUT2D eigenvalue weighted by Crippen LogP contribution is -2.30. The molecule has 2 aromatic heterocycles. The van der Waals surface area contributed by atoms with Gasteiger partial charge in [-0.15, -0.1) is 11.3 Å². The van der Waals surface area contributed by atoms with Gasteiger partial charge in [0.05, 0.1) is 17.3 Å². The average molecular weight is 549 g/mol. The Morgan fingerprint density at radius 3 is 2.37 bits per heavy atom. The molecule has 1 aliphatic heterocycles. The topological polar surface area (TPSA) is 92.7 Å². The van der Waals surface area contributed by atoms with E-state index in [9.17, 15) is 9.59 Å². The van der Waals surface area contributed by atoms with Crippen LogP contribution in [0, 0.1) is 0 Å². The van der Waals surface area contributed by atoms with E-state index < -0.39 is 11.2 Å². The SMILES string of the molecule is O=c1cnn(-c2cc(Cl)c(C(c3ccc(Cl)cc3)c3nc(C4CCNCC4)cs3)c(Cl)c2)c(=O)[nH]1. The first-order valence-electron chi connectivity index (χ1n) is 11.0. The van der Waals surface area contributed by atoms with Crippen LogP contribution in [0.1, 0.15) is 46.5 Å². The number of hydrogen-bond acceptors (Lipinski definition) is 6. The predicted octanol–water partition coefficient (Wildman–Crippen LogP) is 4.98. The summed E-state index contributed by atoms with van der Waals surface area (Å²) in [4.78, 5) is 30.9. The molecule has 1 aliphatic rings. The summed E-state index contributed by atoms with van der Waals surface area (Å²) >= 11 is 21.3. The lowest BCUT2D eigenvalue weighted by molar-refractivity contribution is 0.454. The van der Waals surface area contributed by atoms with Crippen LogP contribution in [0.15, 0.2) is 57.6 Å². The third-order valence-corrected chi connectivity index (χ3v) is 7.86. The summed E-state index contributed by atoms with van der Waals surface area (Å²) in [6.07, 6.45) is 3.11. The van der Waals surface area contributed by atoms with Crippen molar-refractivity contribution in [3.05, 3.63) is 106 Å². The summed E-state index contributed by atoms with van der Waals surface area (Å²) in [5, 5.41) is 11.6. The van der Waals surface area contributed by atoms with Crippen molar-refractivity contribution in [2.24, 2.45) is 0 Å². The van der Waals surface area contributed by atoms with Crippen molar-refractivity contribution in [2.45, 2.75) is 24.7 Å². The normalized spacial score (nSPS) is 15.3. The molecular weight excluding hydrogens is 529 g/mol. The molecule has 0 aliphatic carbocycles. The summed E-state index contributed by atoms with van der Waals surface area (Å²) in [6.45, 7) is 1.96. The zero-order chi connectivity index (χ0) is 24.5. The molecule has 11 heteroatoms. The van der Waals surface area contributed by atoms with Crippen molar-refractivity contribution in [1.82, 2.24) is 25.1 Å². The number of thiazole rings is 1. The molecule has 0 radical (unpaired) electrons. The smallest absolute Gasteiger partial charge is 0.317 e. The van der Waals surface area contributed by atoms with Gasteiger partial charge >= 0.3 is 5.69 Å². The summed E-state index contributed by atoms with van der Waals surface area (Å²) in [6, 6.07) is 10.7. The maximum absolute atomic E-state index is 12.2. The first kappa shape index (κ1) is 24.2. The molecule has 35 heavy (non-hydrogen) atoms. The average Bonchev–Trinajstić information content (AvgIpc) is 3.32. The molecule has 0 bridgehead atoms. The molecule has 1 saturated heterocycles. The van der Waals surface area contributed by atoms with Crippen LogP contribution in [0.5, 0.6) is 0 Å². The number of piperidine rings is 1. The summed E-state index contributed by atoms with van der Waals surface area (Å²) in [7, 11) is 0. The Bertz CT molecular complexity index is 1450. The number of halogens is 3. The molecule has 7 nitrogen and oxygen atoms in total. The lowest BCUT2D eigenvalue weighted by Gasteiger charge is -2.22. The molecule has 0 amide bonds. The van der Waals surface area contributed by atoms with Crippen molar-refractivity contribution >= 4 is 46.1 Å². The van der Waals surface area contributed by atoms with Gasteiger partial charge in [-0.05, 0) is 55.8 Å². The van der Waals surface area contributed by atoms with E-state index in [1.165, 1.54) is 0 Å². The largest absolute Gasteiger partial charge is 0.349 e. The number of hydrogen-bond donors (Lipinski definition) is 2. The predicted molar refractivity (Wildman–Crippen MR) is 140 cm³/mol. The van der Waals surface area contributed by atoms with Gasteiger partial charge in [0.1, 0.15) is 11.2 Å². The van der Waals surface area contributed by atoms with Gasteiger partial charge in [-0.3, -0.25) is 9.78 Å². The monoisotopic (exact) mass is 547 g/mol. The zero-order valence-electron chi connectivity index (χ0n) is 18.3. The molecule has 1 atom stereocenters. The molecule has 180 valence electrons. The van der Waals surface area contributed by atoms with E-state index in [2.05, 4.69) is 20.8 Å². The van der Waals surface area contributed by atoms with Gasteiger partial charge in [-0.2, -0.15) is 9.78 Å². The molecular formula is C24H20Cl3N5O2S. The van der Waals surface area contributed by atoms with Gasteiger partial charge in [-0.1, -0.05) is 46.9 Å². The standard InChI is InChI=1S/C24H20Cl3N5O2S/c25-15-3-1-14(2-4-15)21(23-30-19(12-35-23)13-5-7-28-8-6-13)22-17(26)9-16(10-18(22)27)32-24(34)31-20(33)11-29-32/h1-4,9-13,21,28H,5-8H2,(H,31,33,34). The van der Waals surface area contributed by atoms with E-state index >= 15 is 0 Å². The van der Waals surface area contributed by atoms with Gasteiger partial charge in [0.2, 0.25) is 0 Å². The van der Waals surface area contributed by atoms with E-state index in [1.54, 1.807) is 23.5 Å². The number of aromatic amines is 1. The van der Waals surface area contributed by atoms with Gasteiger partial charge in [0.25, 0.3) is 5.56 Å². The fraction of sp³-hybridized carbons (Fsp3) is 0.250. The van der Waals surface area contributed by atoms with E-state index in [4.69, 9.17) is 39.8 Å². The Kier molecular flexibility index (Phi) is 7.09. The summed E-state index contributed by atoms with van der Waals surface area (Å²) in [5.41, 5.74) is 1.77. The molecule has 3 heterocycles. The first-order valence-corrected chi connectivity index (χ1v) is 13.0. The second-order valence-corrected chi connectivity index (χ2v) is 10.4. The molecule has 5 rings (SSSR count). The minimum absolute atomic E-state index is 0.331. The zero-order valence-corrected chi connectivity index (χ0v) is 21.4. The van der Waals surface area contributed by atoms with Gasteiger partial charge in [-0.25, -0.2) is 9.78 Å². The van der Waals surface area contributed by atoms with Crippen LogP contribution in [0.3, 0.4) is 0 Å². The first-order chi connectivity index (χ1) is 16.9. The highest BCUT2D eigenvalue weighted by atomic mass is 35.5. The third-order valence-electron chi connectivity index (χ3n) is 6.06. The summed E-state index contributed by atoms with van der Waals surface area (Å²) < 4.78 is 1.04. The Labute approximate surface area is 219 Å². The van der Waals surface area contributed by atoms with E-state index in [0.717, 1.165) is 53.1 Å². The van der Waals surface area contributed by atoms with Crippen molar-refractivity contribution in [3.8, 4) is 5.69 Å². The number of nitrogens with zero attached hydrogens (tertiary/aromatic N) is 3. The van der Waals surface area contributed by atoms with Crippen LogP contribution < -0.4 is 16.6 Å². The molecule has 2 aromatic carbocycles. The van der Waals surface area contributed by atoms with E-state index in [-0.39, 0.29) is 5.92 Å². The van der Waals surface area contributed by atoms with Gasteiger partial charge in [0, 0.05) is 31.9 Å². The Balaban J connectivity index is 1.62. The minimum Gasteiger partial charge on any atom is -0.317 e. The number of aromatic nitrogens is 4. The molecule has 1 fully saturated rings. The van der Waals surface area contributed by atoms with Crippen molar-refractivity contribution in [1.29, 1.82) is 0 Å². The van der Waals surface area contributed by atoms with Crippen LogP contribution >= 0.6 is 46.1 Å². The van der Waals surface area contributed by atoms with Crippen LogP contribution in [0.4, 0.5) is 0 Å². The van der Waals surface area contributed by atoms with Crippen LogP contribution in [-0.4, -0.2) is 32.8 Å². The minimum atomic E-state index is -0.682. The number of rotatable bonds is 5. The van der Waals surface area contributed by atoms with Crippen molar-refractivity contribution in [2.75, 3.05) is 13.1 Å². The Morgan fingerprint density at radius 1 is 1.03 bits per heavy atom. The van der Waals surface area contributed by atoms with Crippen molar-refractivity contribution in [3.63, 3.8) is 0 Å². The fourth-order valence-corrected chi connectivity index (χ4v) is 6.19. The summed E-state index contributed by atoms with van der Waals surface area (Å²) in [5.74, 6) is 0.0840. The Morgan fingerprint density at radius 2 is 1.71 bits per heavy atom. The second-order valence-electron chi connectivity index (χ2n) is 8.29. The molecule has 2 N–H and O–H groups in total. The molecule has 4 aromatic rings. The molecule has 0 spiro atoms. The van der Waals surface area contributed by atoms with Crippen molar-refractivity contribution < 1.29 is 0 Å². The van der Waals surface area contributed by atoms with Gasteiger partial charge < -0.3 is 5.32 Å². The number of nitrogens with one attached hydrogen (secondary N) is 2. The van der Waals surface area contributed by atoms with E-state index in [0.29, 0.717) is 32.2 Å². The maximum Gasteiger partial charge on any atom is 0.349 e. The number of H-pyrrole nitrogens is 1. The van der Waals surface area contributed by atoms with Crippen LogP contribution in [-0.2, 0) is 0 Å². The maximum atomic E-state index is 12.2.